The van der Waals surface area contributed by atoms with Crippen LogP contribution in [-0.2, 0) is 0 Å². The molecule has 6 rings (SSSR count). The van der Waals surface area contributed by atoms with Gasteiger partial charge in [0, 0.05) is 23.3 Å². The number of benzene rings is 3. The van der Waals surface area contributed by atoms with Gasteiger partial charge < -0.3 is 10.2 Å². The molecule has 0 bridgehead atoms. The largest absolute Gasteiger partial charge is 0.378 e. The number of anilines is 2. The molecular weight excluding hydrogens is 364 g/mol. The molecule has 2 aliphatic heterocycles. The van der Waals surface area contributed by atoms with Gasteiger partial charge >= 0.3 is 0 Å². The lowest BCUT2D eigenvalue weighted by Gasteiger charge is -2.53. The number of nitrogens with one attached hydrogen (secondary N) is 1. The third-order valence-corrected chi connectivity index (χ3v) is 7.32. The second-order valence-electron chi connectivity index (χ2n) is 9.05. The molecule has 2 heterocycles. The summed E-state index contributed by atoms with van der Waals surface area (Å²) in [6.07, 6.45) is 7.16. The van der Waals surface area contributed by atoms with Crippen LogP contribution >= 0.6 is 0 Å². The number of fused-ring (bicyclic) bond motifs is 2. The van der Waals surface area contributed by atoms with Crippen molar-refractivity contribution >= 4 is 11.4 Å². The third kappa shape index (κ3) is 2.70. The normalized spacial score (nSPS) is 28.7. The highest BCUT2D eigenvalue weighted by atomic mass is 15.2. The van der Waals surface area contributed by atoms with Crippen molar-refractivity contribution in [1.82, 2.24) is 0 Å². The van der Waals surface area contributed by atoms with Gasteiger partial charge in [-0.3, -0.25) is 0 Å². The van der Waals surface area contributed by atoms with Crippen LogP contribution in [-0.4, -0.2) is 6.04 Å². The lowest BCUT2D eigenvalue weighted by atomic mass is 9.72. The maximum atomic E-state index is 3.83. The Morgan fingerprint density at radius 1 is 0.833 bits per heavy atom. The van der Waals surface area contributed by atoms with Crippen LogP contribution < -0.4 is 10.2 Å². The average molecular weight is 393 g/mol. The van der Waals surface area contributed by atoms with E-state index in [1.807, 2.05) is 0 Å². The summed E-state index contributed by atoms with van der Waals surface area (Å²) in [6, 6.07) is 30.1. The van der Waals surface area contributed by atoms with E-state index in [9.17, 15) is 0 Å². The van der Waals surface area contributed by atoms with Crippen molar-refractivity contribution in [3.63, 3.8) is 0 Å². The zero-order valence-corrected chi connectivity index (χ0v) is 17.4. The Morgan fingerprint density at radius 3 is 2.37 bits per heavy atom. The number of hydrogen-bond acceptors (Lipinski definition) is 2. The van der Waals surface area contributed by atoms with Crippen LogP contribution in [0.1, 0.15) is 54.5 Å². The lowest BCUT2D eigenvalue weighted by Crippen LogP contribution is -2.48. The van der Waals surface area contributed by atoms with Gasteiger partial charge in [0.05, 0.1) is 12.1 Å². The Hall–Kier alpha value is -3.00. The minimum atomic E-state index is 0.340. The molecule has 0 fully saturated rings. The van der Waals surface area contributed by atoms with E-state index in [2.05, 4.69) is 108 Å². The fraction of sp³-hybridized carbons (Fsp3) is 0.286. The monoisotopic (exact) mass is 392 g/mol. The summed E-state index contributed by atoms with van der Waals surface area (Å²) in [5, 5.41) is 3.83. The van der Waals surface area contributed by atoms with Crippen LogP contribution in [0.3, 0.4) is 0 Å². The van der Waals surface area contributed by atoms with Crippen LogP contribution in [0, 0.1) is 5.92 Å². The second-order valence-corrected chi connectivity index (χ2v) is 9.05. The fourth-order valence-corrected chi connectivity index (χ4v) is 6.11. The Morgan fingerprint density at radius 2 is 1.57 bits per heavy atom. The minimum Gasteiger partial charge on any atom is -0.378 e. The molecule has 2 heteroatoms. The van der Waals surface area contributed by atoms with E-state index in [4.69, 9.17) is 0 Å². The molecule has 1 aliphatic carbocycles. The molecule has 0 saturated carbocycles. The van der Waals surface area contributed by atoms with Crippen LogP contribution in [0.15, 0.2) is 91.0 Å². The maximum absolute atomic E-state index is 3.83. The molecule has 3 aliphatic rings. The summed E-state index contributed by atoms with van der Waals surface area (Å²) in [5.74, 6) is 1.14. The maximum Gasteiger partial charge on any atom is 0.0585 e. The van der Waals surface area contributed by atoms with Gasteiger partial charge in [-0.15, -0.1) is 0 Å². The van der Waals surface area contributed by atoms with E-state index in [-0.39, 0.29) is 0 Å². The number of para-hydroxylation sites is 2. The van der Waals surface area contributed by atoms with Crippen molar-refractivity contribution in [2.24, 2.45) is 5.92 Å². The highest BCUT2D eigenvalue weighted by Gasteiger charge is 2.47. The summed E-state index contributed by atoms with van der Waals surface area (Å²) < 4.78 is 0. The zero-order chi connectivity index (χ0) is 20.1. The molecule has 30 heavy (non-hydrogen) atoms. The first-order chi connectivity index (χ1) is 14.8. The number of allylic oxidation sites excluding steroid dienone is 2. The van der Waals surface area contributed by atoms with Gasteiger partial charge in [0.1, 0.15) is 0 Å². The van der Waals surface area contributed by atoms with Gasteiger partial charge in [-0.2, -0.15) is 0 Å². The molecule has 0 radical (unpaired) electrons. The summed E-state index contributed by atoms with van der Waals surface area (Å²) in [7, 11) is 0. The molecule has 3 aromatic carbocycles. The SMILES string of the molecule is C[C@@H]1C[C@H](Nc2ccccc2)c2cccc3c2N1C(c1ccccc1)C1CC=CC31. The Labute approximate surface area is 179 Å². The van der Waals surface area contributed by atoms with Crippen molar-refractivity contribution in [2.45, 2.75) is 43.8 Å². The lowest BCUT2D eigenvalue weighted by molar-refractivity contribution is 0.329. The van der Waals surface area contributed by atoms with Crippen LogP contribution in [0.25, 0.3) is 0 Å². The van der Waals surface area contributed by atoms with Gasteiger partial charge in [0.2, 0.25) is 0 Å². The van der Waals surface area contributed by atoms with E-state index in [1.165, 1.54) is 34.5 Å². The van der Waals surface area contributed by atoms with Crippen LogP contribution in [0.5, 0.6) is 0 Å². The molecule has 3 unspecified atom stereocenters. The zero-order valence-electron chi connectivity index (χ0n) is 17.4. The highest BCUT2D eigenvalue weighted by molar-refractivity contribution is 5.70. The molecule has 0 spiro atoms. The molecule has 150 valence electrons. The van der Waals surface area contributed by atoms with E-state index in [0.29, 0.717) is 30.0 Å². The molecular formula is C28H28N2. The first-order valence-electron chi connectivity index (χ1n) is 11.3. The third-order valence-electron chi connectivity index (χ3n) is 7.32. The van der Waals surface area contributed by atoms with Crippen molar-refractivity contribution in [2.75, 3.05) is 10.2 Å². The van der Waals surface area contributed by atoms with Gasteiger partial charge in [-0.25, -0.2) is 0 Å². The molecule has 2 nitrogen and oxygen atoms in total. The average Bonchev–Trinajstić information content (AvgIpc) is 3.28. The van der Waals surface area contributed by atoms with Crippen LogP contribution in [0.2, 0.25) is 0 Å². The van der Waals surface area contributed by atoms with Gasteiger partial charge in [-0.05, 0) is 54.5 Å². The first-order valence-corrected chi connectivity index (χ1v) is 11.3. The van der Waals surface area contributed by atoms with E-state index in [1.54, 1.807) is 0 Å². The van der Waals surface area contributed by atoms with Crippen molar-refractivity contribution in [3.8, 4) is 0 Å². The second kappa shape index (κ2) is 7.05. The van der Waals surface area contributed by atoms with Crippen LogP contribution in [0.4, 0.5) is 11.4 Å². The quantitative estimate of drug-likeness (QED) is 0.490. The summed E-state index contributed by atoms with van der Waals surface area (Å²) in [4.78, 5) is 2.76. The van der Waals surface area contributed by atoms with E-state index < -0.39 is 0 Å². The van der Waals surface area contributed by atoms with E-state index >= 15 is 0 Å². The van der Waals surface area contributed by atoms with Crippen molar-refractivity contribution in [3.05, 3.63) is 108 Å². The Bertz CT molecular complexity index is 1070. The van der Waals surface area contributed by atoms with Gasteiger partial charge in [-0.1, -0.05) is 78.9 Å². The molecule has 3 aromatic rings. The summed E-state index contributed by atoms with van der Waals surface area (Å²) in [5.41, 5.74) is 7.11. The fourth-order valence-electron chi connectivity index (χ4n) is 6.11. The highest BCUT2D eigenvalue weighted by Crippen LogP contribution is 2.57. The Kier molecular flexibility index (Phi) is 4.19. The molecule has 0 aromatic heterocycles. The minimum absolute atomic E-state index is 0.340. The first kappa shape index (κ1) is 17.8. The van der Waals surface area contributed by atoms with E-state index in [0.717, 1.165) is 6.42 Å². The molecule has 5 atom stereocenters. The predicted molar refractivity (Wildman–Crippen MR) is 125 cm³/mol. The topological polar surface area (TPSA) is 15.3 Å². The molecule has 1 N–H and O–H groups in total. The predicted octanol–water partition coefficient (Wildman–Crippen LogP) is 6.85. The molecule has 0 amide bonds. The summed E-state index contributed by atoms with van der Waals surface area (Å²) in [6.45, 7) is 2.41. The Balaban J connectivity index is 1.50. The van der Waals surface area contributed by atoms with Gasteiger partial charge in [0.25, 0.3) is 0 Å². The standard InChI is InChI=1S/C28H28N2/c1-19-18-26(29-21-12-6-3-7-13-21)25-17-9-16-24-22-14-8-15-23(22)27(30(19)28(24)25)20-10-4-2-5-11-20/h2-14,16-17,19,22-23,26-27,29H,15,18H2,1H3/t19-,22?,23?,26+,27?/m1/s1. The van der Waals surface area contributed by atoms with Gasteiger partial charge in [0.15, 0.2) is 0 Å². The number of rotatable bonds is 3. The number of nitrogens with zero attached hydrogens (tertiary/aromatic N) is 1. The van der Waals surface area contributed by atoms with Crippen molar-refractivity contribution < 1.29 is 0 Å². The molecule has 0 saturated heterocycles. The summed E-state index contributed by atoms with van der Waals surface area (Å²) >= 11 is 0. The number of hydrogen-bond donors (Lipinski definition) is 1. The smallest absolute Gasteiger partial charge is 0.0585 e. The van der Waals surface area contributed by atoms with Crippen molar-refractivity contribution in [1.29, 1.82) is 0 Å².